The van der Waals surface area contributed by atoms with Crippen molar-refractivity contribution in [1.29, 1.82) is 0 Å². The second-order valence-corrected chi connectivity index (χ2v) is 3.64. The molecule has 0 unspecified atom stereocenters. The summed E-state index contributed by atoms with van der Waals surface area (Å²) in [6, 6.07) is 9.20. The number of hydrogen-bond acceptors (Lipinski definition) is 3. The van der Waals surface area contributed by atoms with Crippen LogP contribution >= 0.6 is 0 Å². The van der Waals surface area contributed by atoms with Gasteiger partial charge < -0.3 is 15.5 Å². The van der Waals surface area contributed by atoms with Crippen LogP contribution in [0.4, 0.5) is 10.1 Å². The normalized spacial score (nSPS) is 10.1. The van der Waals surface area contributed by atoms with Crippen LogP contribution in [-0.4, -0.2) is 16.1 Å². The van der Waals surface area contributed by atoms with E-state index in [4.69, 9.17) is 0 Å². The zero-order chi connectivity index (χ0) is 13.1. The number of phenolic OH excluding ortho intramolecular Hbond substituents is 2. The Morgan fingerprint density at radius 1 is 1.11 bits per heavy atom. The SMILES string of the molecule is O=C(Nc1ccccc1F)c1cc(O)ccc1O. The lowest BCUT2D eigenvalue weighted by molar-refractivity contribution is 0.102. The van der Waals surface area contributed by atoms with E-state index in [1.54, 1.807) is 6.07 Å². The van der Waals surface area contributed by atoms with Crippen molar-refractivity contribution in [1.82, 2.24) is 0 Å². The number of phenols is 2. The molecule has 0 aromatic heterocycles. The highest BCUT2D eigenvalue weighted by Crippen LogP contribution is 2.23. The van der Waals surface area contributed by atoms with E-state index in [0.717, 1.165) is 6.07 Å². The number of para-hydroxylation sites is 1. The standard InChI is InChI=1S/C13H10FNO3/c14-10-3-1-2-4-11(10)15-13(18)9-7-8(16)5-6-12(9)17/h1-7,16-17H,(H,15,18). The number of amides is 1. The molecular weight excluding hydrogens is 237 g/mol. The number of anilines is 1. The molecule has 0 heterocycles. The van der Waals surface area contributed by atoms with Gasteiger partial charge in [0.05, 0.1) is 11.3 Å². The van der Waals surface area contributed by atoms with Crippen molar-refractivity contribution in [3.8, 4) is 11.5 Å². The summed E-state index contributed by atoms with van der Waals surface area (Å²) >= 11 is 0. The van der Waals surface area contributed by atoms with Crippen LogP contribution in [0.3, 0.4) is 0 Å². The quantitative estimate of drug-likeness (QED) is 0.714. The number of halogens is 1. The zero-order valence-electron chi connectivity index (χ0n) is 9.22. The van der Waals surface area contributed by atoms with Crippen LogP contribution < -0.4 is 5.32 Å². The Hall–Kier alpha value is -2.56. The van der Waals surface area contributed by atoms with Gasteiger partial charge in [0.2, 0.25) is 0 Å². The van der Waals surface area contributed by atoms with E-state index in [9.17, 15) is 19.4 Å². The third-order valence-electron chi connectivity index (χ3n) is 2.35. The first-order valence-electron chi connectivity index (χ1n) is 5.16. The molecule has 92 valence electrons. The molecule has 2 aromatic rings. The van der Waals surface area contributed by atoms with Crippen molar-refractivity contribution in [3.63, 3.8) is 0 Å². The summed E-state index contributed by atoms with van der Waals surface area (Å²) in [5.41, 5.74) is -0.122. The van der Waals surface area contributed by atoms with Gasteiger partial charge in [0.15, 0.2) is 0 Å². The van der Waals surface area contributed by atoms with Gasteiger partial charge >= 0.3 is 0 Å². The zero-order valence-corrected chi connectivity index (χ0v) is 9.22. The van der Waals surface area contributed by atoms with Crippen LogP contribution in [-0.2, 0) is 0 Å². The molecule has 0 radical (unpaired) electrons. The van der Waals surface area contributed by atoms with Crippen molar-refractivity contribution in [2.24, 2.45) is 0 Å². The topological polar surface area (TPSA) is 69.6 Å². The van der Waals surface area contributed by atoms with E-state index in [0.29, 0.717) is 0 Å². The van der Waals surface area contributed by atoms with Gasteiger partial charge in [0, 0.05) is 0 Å². The summed E-state index contributed by atoms with van der Waals surface area (Å²) < 4.78 is 13.3. The third kappa shape index (κ3) is 2.40. The van der Waals surface area contributed by atoms with Crippen molar-refractivity contribution >= 4 is 11.6 Å². The Balaban J connectivity index is 2.28. The first kappa shape index (κ1) is 11.9. The molecule has 2 rings (SSSR count). The lowest BCUT2D eigenvalue weighted by Crippen LogP contribution is -2.13. The highest BCUT2D eigenvalue weighted by atomic mass is 19.1. The maximum Gasteiger partial charge on any atom is 0.259 e. The molecule has 0 atom stereocenters. The second kappa shape index (κ2) is 4.75. The van der Waals surface area contributed by atoms with Crippen LogP contribution in [0.15, 0.2) is 42.5 Å². The first-order valence-corrected chi connectivity index (χ1v) is 5.16. The lowest BCUT2D eigenvalue weighted by Gasteiger charge is -2.07. The summed E-state index contributed by atoms with van der Waals surface area (Å²) in [6.45, 7) is 0. The molecule has 0 aliphatic heterocycles. The summed E-state index contributed by atoms with van der Waals surface area (Å²) in [4.78, 5) is 11.8. The molecule has 5 heteroatoms. The predicted molar refractivity (Wildman–Crippen MR) is 64.1 cm³/mol. The molecule has 0 saturated carbocycles. The van der Waals surface area contributed by atoms with Gasteiger partial charge in [-0.25, -0.2) is 4.39 Å². The number of carbonyl (C=O) groups excluding carboxylic acids is 1. The Labute approximate surface area is 102 Å². The van der Waals surface area contributed by atoms with Crippen molar-refractivity contribution in [2.75, 3.05) is 5.32 Å². The van der Waals surface area contributed by atoms with Crippen molar-refractivity contribution in [2.45, 2.75) is 0 Å². The van der Waals surface area contributed by atoms with Gasteiger partial charge in [-0.05, 0) is 30.3 Å². The number of carbonyl (C=O) groups is 1. The van der Waals surface area contributed by atoms with E-state index in [1.165, 1.54) is 30.3 Å². The molecule has 1 amide bonds. The molecule has 2 aromatic carbocycles. The Morgan fingerprint density at radius 3 is 2.56 bits per heavy atom. The summed E-state index contributed by atoms with van der Waals surface area (Å²) in [6.07, 6.45) is 0. The lowest BCUT2D eigenvalue weighted by atomic mass is 10.1. The number of benzene rings is 2. The minimum atomic E-state index is -0.700. The number of aromatic hydroxyl groups is 2. The van der Waals surface area contributed by atoms with Gasteiger partial charge in [-0.3, -0.25) is 4.79 Å². The van der Waals surface area contributed by atoms with Crippen LogP contribution in [0.25, 0.3) is 0 Å². The monoisotopic (exact) mass is 247 g/mol. The van der Waals surface area contributed by atoms with Gasteiger partial charge in [0.25, 0.3) is 5.91 Å². The third-order valence-corrected chi connectivity index (χ3v) is 2.35. The molecule has 18 heavy (non-hydrogen) atoms. The molecule has 0 aliphatic carbocycles. The summed E-state index contributed by atoms with van der Waals surface area (Å²) in [7, 11) is 0. The number of hydrogen-bond donors (Lipinski definition) is 3. The van der Waals surface area contributed by atoms with E-state index >= 15 is 0 Å². The Bertz CT molecular complexity index is 599. The number of nitrogens with one attached hydrogen (secondary N) is 1. The average molecular weight is 247 g/mol. The predicted octanol–water partition coefficient (Wildman–Crippen LogP) is 2.49. The van der Waals surface area contributed by atoms with E-state index in [2.05, 4.69) is 5.32 Å². The Kier molecular flexibility index (Phi) is 3.14. The van der Waals surface area contributed by atoms with E-state index in [-0.39, 0.29) is 22.7 Å². The van der Waals surface area contributed by atoms with Crippen LogP contribution in [0.1, 0.15) is 10.4 Å². The molecule has 4 nitrogen and oxygen atoms in total. The van der Waals surface area contributed by atoms with Crippen LogP contribution in [0, 0.1) is 5.82 Å². The Morgan fingerprint density at radius 2 is 1.83 bits per heavy atom. The van der Waals surface area contributed by atoms with Gasteiger partial charge in [-0.15, -0.1) is 0 Å². The fourth-order valence-electron chi connectivity index (χ4n) is 1.46. The molecule has 0 bridgehead atoms. The maximum absolute atomic E-state index is 13.3. The van der Waals surface area contributed by atoms with E-state index < -0.39 is 11.7 Å². The van der Waals surface area contributed by atoms with Crippen LogP contribution in [0.2, 0.25) is 0 Å². The highest BCUT2D eigenvalue weighted by molar-refractivity contribution is 6.06. The molecule has 0 saturated heterocycles. The van der Waals surface area contributed by atoms with E-state index in [1.807, 2.05) is 0 Å². The maximum atomic E-state index is 13.3. The largest absolute Gasteiger partial charge is 0.508 e. The van der Waals surface area contributed by atoms with Crippen molar-refractivity contribution < 1.29 is 19.4 Å². The van der Waals surface area contributed by atoms with Gasteiger partial charge in [-0.1, -0.05) is 12.1 Å². The average Bonchev–Trinajstić information content (AvgIpc) is 2.35. The number of rotatable bonds is 2. The minimum Gasteiger partial charge on any atom is -0.508 e. The molecule has 3 N–H and O–H groups in total. The van der Waals surface area contributed by atoms with Gasteiger partial charge in [0.1, 0.15) is 17.3 Å². The molecule has 0 aliphatic rings. The molecule has 0 fully saturated rings. The molecular formula is C13H10FNO3. The second-order valence-electron chi connectivity index (χ2n) is 3.64. The minimum absolute atomic E-state index is 0.00485. The van der Waals surface area contributed by atoms with Crippen molar-refractivity contribution in [3.05, 3.63) is 53.8 Å². The fraction of sp³-hybridized carbons (Fsp3) is 0. The highest BCUT2D eigenvalue weighted by Gasteiger charge is 2.13. The summed E-state index contributed by atoms with van der Waals surface area (Å²) in [5.74, 6) is -1.73. The van der Waals surface area contributed by atoms with Gasteiger partial charge in [-0.2, -0.15) is 0 Å². The van der Waals surface area contributed by atoms with Crippen LogP contribution in [0.5, 0.6) is 11.5 Å². The fourth-order valence-corrected chi connectivity index (χ4v) is 1.46. The first-order chi connectivity index (χ1) is 8.58. The molecule has 0 spiro atoms. The summed E-state index contributed by atoms with van der Waals surface area (Å²) in [5, 5.41) is 21.0. The smallest absolute Gasteiger partial charge is 0.259 e.